The van der Waals surface area contributed by atoms with E-state index in [0.29, 0.717) is 5.92 Å². The molecule has 1 heterocycles. The Bertz CT molecular complexity index is 339. The van der Waals surface area contributed by atoms with Gasteiger partial charge < -0.3 is 10.0 Å². The van der Waals surface area contributed by atoms with Crippen LogP contribution in [0.3, 0.4) is 0 Å². The van der Waals surface area contributed by atoms with E-state index in [1.165, 1.54) is 12.0 Å². The van der Waals surface area contributed by atoms with Crippen molar-refractivity contribution in [1.82, 2.24) is 9.88 Å². The lowest BCUT2D eigenvalue weighted by Gasteiger charge is -2.38. The van der Waals surface area contributed by atoms with Crippen LogP contribution < -0.4 is 0 Å². The molecule has 0 bridgehead atoms. The third kappa shape index (κ3) is 2.85. The molecule has 3 unspecified atom stereocenters. The Hall–Kier alpha value is -0.930. The minimum atomic E-state index is -0.170. The number of aliphatic hydroxyl groups is 1. The molecule has 0 aromatic carbocycles. The van der Waals surface area contributed by atoms with Crippen LogP contribution in [-0.4, -0.2) is 35.2 Å². The SMILES string of the molecule is CN(C)C(c1cccnc1)C1CCCCC1O. The highest BCUT2D eigenvalue weighted by molar-refractivity contribution is 5.15. The quantitative estimate of drug-likeness (QED) is 0.871. The van der Waals surface area contributed by atoms with E-state index >= 15 is 0 Å². The molecule has 3 heteroatoms. The number of hydrogen-bond acceptors (Lipinski definition) is 3. The molecule has 2 rings (SSSR count). The maximum absolute atomic E-state index is 10.2. The van der Waals surface area contributed by atoms with Gasteiger partial charge in [-0.05, 0) is 38.6 Å². The van der Waals surface area contributed by atoms with Gasteiger partial charge in [0.25, 0.3) is 0 Å². The molecular formula is C14H22N2O. The van der Waals surface area contributed by atoms with Crippen molar-refractivity contribution < 1.29 is 5.11 Å². The van der Waals surface area contributed by atoms with Crippen molar-refractivity contribution in [1.29, 1.82) is 0 Å². The van der Waals surface area contributed by atoms with Gasteiger partial charge in [-0.15, -0.1) is 0 Å². The second-order valence-corrected chi connectivity index (χ2v) is 5.21. The van der Waals surface area contributed by atoms with E-state index in [4.69, 9.17) is 0 Å². The molecule has 1 aliphatic carbocycles. The van der Waals surface area contributed by atoms with Crippen LogP contribution in [0.15, 0.2) is 24.5 Å². The Morgan fingerprint density at radius 2 is 2.12 bits per heavy atom. The van der Waals surface area contributed by atoms with E-state index in [1.807, 2.05) is 12.3 Å². The number of rotatable bonds is 3. The molecule has 1 saturated carbocycles. The zero-order valence-electron chi connectivity index (χ0n) is 10.7. The first-order chi connectivity index (χ1) is 8.20. The van der Waals surface area contributed by atoms with Crippen molar-refractivity contribution in [2.24, 2.45) is 5.92 Å². The zero-order chi connectivity index (χ0) is 12.3. The van der Waals surface area contributed by atoms with Gasteiger partial charge in [0.15, 0.2) is 0 Å². The molecule has 94 valence electrons. The maximum Gasteiger partial charge on any atom is 0.0586 e. The van der Waals surface area contributed by atoms with Crippen LogP contribution in [0.4, 0.5) is 0 Å². The van der Waals surface area contributed by atoms with E-state index in [2.05, 4.69) is 30.0 Å². The predicted octanol–water partition coefficient (Wildman–Crippen LogP) is 2.24. The first kappa shape index (κ1) is 12.5. The summed E-state index contributed by atoms with van der Waals surface area (Å²) in [7, 11) is 4.16. The van der Waals surface area contributed by atoms with Crippen molar-refractivity contribution >= 4 is 0 Å². The molecular weight excluding hydrogens is 212 g/mol. The lowest BCUT2D eigenvalue weighted by Crippen LogP contribution is -2.36. The van der Waals surface area contributed by atoms with Crippen molar-refractivity contribution in [2.45, 2.75) is 37.8 Å². The number of aromatic nitrogens is 1. The third-order valence-corrected chi connectivity index (χ3v) is 3.77. The fourth-order valence-electron chi connectivity index (χ4n) is 2.99. The predicted molar refractivity (Wildman–Crippen MR) is 68.6 cm³/mol. The van der Waals surface area contributed by atoms with Crippen molar-refractivity contribution in [3.05, 3.63) is 30.1 Å². The van der Waals surface area contributed by atoms with Crippen LogP contribution in [0.25, 0.3) is 0 Å². The van der Waals surface area contributed by atoms with Gasteiger partial charge in [-0.2, -0.15) is 0 Å². The topological polar surface area (TPSA) is 36.4 Å². The standard InChI is InChI=1S/C14H22N2O/c1-16(2)14(11-6-5-9-15-10-11)12-7-3-4-8-13(12)17/h5-6,9-10,12-14,17H,3-4,7-8H2,1-2H3. The Balaban J connectivity index is 2.22. The van der Waals surface area contributed by atoms with Gasteiger partial charge in [0.05, 0.1) is 6.10 Å². The van der Waals surface area contributed by atoms with Gasteiger partial charge in [0.1, 0.15) is 0 Å². The molecule has 1 aromatic rings. The maximum atomic E-state index is 10.2. The first-order valence-corrected chi connectivity index (χ1v) is 6.44. The highest BCUT2D eigenvalue weighted by Crippen LogP contribution is 2.37. The lowest BCUT2D eigenvalue weighted by molar-refractivity contribution is 0.0220. The van der Waals surface area contributed by atoms with E-state index in [1.54, 1.807) is 6.20 Å². The minimum Gasteiger partial charge on any atom is -0.393 e. The highest BCUT2D eigenvalue weighted by atomic mass is 16.3. The summed E-state index contributed by atoms with van der Waals surface area (Å²) < 4.78 is 0. The van der Waals surface area contributed by atoms with E-state index in [9.17, 15) is 5.11 Å². The van der Waals surface area contributed by atoms with Crippen molar-refractivity contribution in [2.75, 3.05) is 14.1 Å². The van der Waals surface area contributed by atoms with Crippen LogP contribution in [0.2, 0.25) is 0 Å². The molecule has 1 fully saturated rings. The van der Waals surface area contributed by atoms with E-state index < -0.39 is 0 Å². The third-order valence-electron chi connectivity index (χ3n) is 3.77. The smallest absolute Gasteiger partial charge is 0.0586 e. The van der Waals surface area contributed by atoms with Crippen molar-refractivity contribution in [3.8, 4) is 0 Å². The van der Waals surface area contributed by atoms with Gasteiger partial charge in [0, 0.05) is 24.4 Å². The van der Waals surface area contributed by atoms with Crippen molar-refractivity contribution in [3.63, 3.8) is 0 Å². The van der Waals surface area contributed by atoms with Crippen LogP contribution in [0.1, 0.15) is 37.3 Å². The average Bonchev–Trinajstić information content (AvgIpc) is 2.33. The molecule has 0 aliphatic heterocycles. The summed E-state index contributed by atoms with van der Waals surface area (Å²) in [6.07, 6.45) is 7.99. The van der Waals surface area contributed by atoms with Gasteiger partial charge in [-0.25, -0.2) is 0 Å². The Kier molecular flexibility index (Phi) is 4.13. The second kappa shape index (κ2) is 5.61. The molecule has 0 saturated heterocycles. The number of pyridine rings is 1. The molecule has 1 aliphatic rings. The fraction of sp³-hybridized carbons (Fsp3) is 0.643. The molecule has 0 spiro atoms. The Morgan fingerprint density at radius 1 is 1.35 bits per heavy atom. The molecule has 0 radical (unpaired) electrons. The molecule has 1 N–H and O–H groups in total. The minimum absolute atomic E-state index is 0.170. The Labute approximate surface area is 103 Å². The van der Waals surface area contributed by atoms with Crippen LogP contribution in [0, 0.1) is 5.92 Å². The number of nitrogens with zero attached hydrogens (tertiary/aromatic N) is 2. The number of aliphatic hydroxyl groups excluding tert-OH is 1. The summed E-state index contributed by atoms with van der Waals surface area (Å²) in [6.45, 7) is 0. The van der Waals surface area contributed by atoms with Gasteiger partial charge in [0.2, 0.25) is 0 Å². The van der Waals surface area contributed by atoms with Crippen LogP contribution in [-0.2, 0) is 0 Å². The largest absolute Gasteiger partial charge is 0.393 e. The van der Waals surface area contributed by atoms with Crippen LogP contribution in [0.5, 0.6) is 0 Å². The molecule has 1 aromatic heterocycles. The lowest BCUT2D eigenvalue weighted by atomic mass is 9.79. The second-order valence-electron chi connectivity index (χ2n) is 5.21. The monoisotopic (exact) mass is 234 g/mol. The van der Waals surface area contributed by atoms with Gasteiger partial charge >= 0.3 is 0 Å². The summed E-state index contributed by atoms with van der Waals surface area (Å²) in [5, 5.41) is 10.2. The summed E-state index contributed by atoms with van der Waals surface area (Å²) >= 11 is 0. The van der Waals surface area contributed by atoms with Gasteiger partial charge in [-0.1, -0.05) is 18.9 Å². The Morgan fingerprint density at radius 3 is 2.71 bits per heavy atom. The zero-order valence-corrected chi connectivity index (χ0v) is 10.7. The number of hydrogen-bond donors (Lipinski definition) is 1. The summed E-state index contributed by atoms with van der Waals surface area (Å²) in [4.78, 5) is 6.40. The first-order valence-electron chi connectivity index (χ1n) is 6.44. The molecule has 17 heavy (non-hydrogen) atoms. The molecule has 3 nitrogen and oxygen atoms in total. The van der Waals surface area contributed by atoms with E-state index in [-0.39, 0.29) is 12.1 Å². The summed E-state index contributed by atoms with van der Waals surface area (Å²) in [6, 6.07) is 4.36. The summed E-state index contributed by atoms with van der Waals surface area (Å²) in [5.74, 6) is 0.336. The highest BCUT2D eigenvalue weighted by Gasteiger charge is 2.32. The average molecular weight is 234 g/mol. The van der Waals surface area contributed by atoms with Crippen LogP contribution >= 0.6 is 0 Å². The molecule has 3 atom stereocenters. The van der Waals surface area contributed by atoms with Gasteiger partial charge in [-0.3, -0.25) is 4.98 Å². The summed E-state index contributed by atoms with van der Waals surface area (Å²) in [5.41, 5.74) is 1.21. The van der Waals surface area contributed by atoms with E-state index in [0.717, 1.165) is 19.3 Å². The fourth-order valence-corrected chi connectivity index (χ4v) is 2.99. The molecule has 0 amide bonds. The normalized spacial score (nSPS) is 27.1.